The molecule has 22 heavy (non-hydrogen) atoms. The molecule has 0 saturated heterocycles. The first-order valence-corrected chi connectivity index (χ1v) is 6.47. The Morgan fingerprint density at radius 3 is 2.32 bits per heavy atom. The van der Waals surface area contributed by atoms with Crippen LogP contribution in [0.25, 0.3) is 0 Å². The van der Waals surface area contributed by atoms with Crippen LogP contribution in [-0.2, 0) is 14.3 Å². The lowest BCUT2D eigenvalue weighted by Gasteiger charge is -2.19. The highest BCUT2D eigenvalue weighted by atomic mass is 19.1. The van der Waals surface area contributed by atoms with E-state index in [2.05, 4.69) is 0 Å². The highest BCUT2D eigenvalue weighted by molar-refractivity contribution is 5.96. The topological polar surface area (TPSA) is 108 Å². The monoisotopic (exact) mass is 312 g/mol. The van der Waals surface area contributed by atoms with Gasteiger partial charge in [-0.1, -0.05) is 13.8 Å². The molecule has 0 bridgehead atoms. The first kappa shape index (κ1) is 17.4. The largest absolute Gasteiger partial charge is 0.482 e. The van der Waals surface area contributed by atoms with Crippen LogP contribution >= 0.6 is 0 Å². The fourth-order valence-electron chi connectivity index (χ4n) is 1.53. The number of nitrogens with two attached hydrogens (primary N) is 1. The number of rotatable bonds is 6. The summed E-state index contributed by atoms with van der Waals surface area (Å²) in [6.07, 6.45) is -1.17. The van der Waals surface area contributed by atoms with Crippen molar-refractivity contribution in [3.05, 3.63) is 30.1 Å². The summed E-state index contributed by atoms with van der Waals surface area (Å²) in [7, 11) is 0. The van der Waals surface area contributed by atoms with Crippen LogP contribution in [0, 0.1) is 11.7 Å². The molecule has 0 unspecified atom stereocenters. The minimum absolute atomic E-state index is 0.279. The number of hydrogen-bond donors (Lipinski definition) is 2. The molecule has 0 radical (unpaired) electrons. The Morgan fingerprint density at radius 2 is 1.82 bits per heavy atom. The fourth-order valence-corrected chi connectivity index (χ4v) is 1.53. The van der Waals surface area contributed by atoms with Crippen LogP contribution in [0.3, 0.4) is 0 Å². The van der Waals surface area contributed by atoms with Crippen molar-refractivity contribution in [2.45, 2.75) is 20.0 Å². The van der Waals surface area contributed by atoms with Crippen LogP contribution in [-0.4, -0.2) is 30.6 Å². The molecule has 8 heteroatoms. The van der Waals surface area contributed by atoms with Gasteiger partial charge >= 0.3 is 12.0 Å². The van der Waals surface area contributed by atoms with Gasteiger partial charge in [0.15, 0.2) is 12.7 Å². The van der Waals surface area contributed by atoms with Gasteiger partial charge in [0.1, 0.15) is 11.6 Å². The third-order valence-corrected chi connectivity index (χ3v) is 2.54. The van der Waals surface area contributed by atoms with Crippen molar-refractivity contribution in [3.63, 3.8) is 0 Å². The summed E-state index contributed by atoms with van der Waals surface area (Å²) in [5.74, 6) is -2.13. The number of carbonyl (C=O) groups excluding carboxylic acids is 3. The van der Waals surface area contributed by atoms with Gasteiger partial charge in [0.2, 0.25) is 0 Å². The van der Waals surface area contributed by atoms with Gasteiger partial charge in [-0.2, -0.15) is 0 Å². The van der Waals surface area contributed by atoms with Gasteiger partial charge in [0.05, 0.1) is 0 Å². The standard InChI is InChI=1S/C14H17FN2O5/c1-8(2)12(13(19)17-14(16)20)22-11(18)7-21-10-5-3-9(15)4-6-10/h3-6,8,12H,7H2,1-2H3,(H3,16,17,19,20)/t12-/m1/s1. The predicted molar refractivity (Wildman–Crippen MR) is 74.3 cm³/mol. The van der Waals surface area contributed by atoms with E-state index in [-0.39, 0.29) is 11.7 Å². The molecule has 1 aromatic rings. The number of primary amides is 1. The highest BCUT2D eigenvalue weighted by Gasteiger charge is 2.27. The summed E-state index contributed by atoms with van der Waals surface area (Å²) in [5.41, 5.74) is 4.84. The second kappa shape index (κ2) is 7.96. The van der Waals surface area contributed by atoms with Gasteiger partial charge in [-0.25, -0.2) is 14.0 Å². The summed E-state index contributed by atoms with van der Waals surface area (Å²) in [6.45, 7) is 2.82. The zero-order chi connectivity index (χ0) is 16.7. The Morgan fingerprint density at radius 1 is 1.23 bits per heavy atom. The van der Waals surface area contributed by atoms with Gasteiger partial charge in [0.25, 0.3) is 5.91 Å². The molecule has 0 heterocycles. The first-order valence-electron chi connectivity index (χ1n) is 6.47. The summed E-state index contributed by atoms with van der Waals surface area (Å²) in [4.78, 5) is 34.0. The summed E-state index contributed by atoms with van der Waals surface area (Å²) < 4.78 is 22.8. The number of urea groups is 1. The first-order chi connectivity index (χ1) is 10.3. The molecular weight excluding hydrogens is 295 g/mol. The van der Waals surface area contributed by atoms with Crippen LogP contribution in [0.15, 0.2) is 24.3 Å². The van der Waals surface area contributed by atoms with E-state index in [1.807, 2.05) is 5.32 Å². The van der Waals surface area contributed by atoms with E-state index < -0.39 is 36.4 Å². The molecule has 1 aromatic carbocycles. The molecular formula is C14H17FN2O5. The number of amides is 3. The minimum atomic E-state index is -1.17. The highest BCUT2D eigenvalue weighted by Crippen LogP contribution is 2.12. The average Bonchev–Trinajstić information content (AvgIpc) is 2.43. The van der Waals surface area contributed by atoms with Crippen LogP contribution in [0.4, 0.5) is 9.18 Å². The molecule has 1 atom stereocenters. The number of ether oxygens (including phenoxy) is 2. The Bertz CT molecular complexity index is 545. The van der Waals surface area contributed by atoms with E-state index in [1.165, 1.54) is 24.3 Å². The van der Waals surface area contributed by atoms with Gasteiger partial charge in [0, 0.05) is 0 Å². The summed E-state index contributed by atoms with van der Waals surface area (Å²) in [6, 6.07) is 4.02. The number of nitrogens with one attached hydrogen (secondary N) is 1. The smallest absolute Gasteiger partial charge is 0.344 e. The maximum absolute atomic E-state index is 12.7. The molecule has 120 valence electrons. The predicted octanol–water partition coefficient (Wildman–Crippen LogP) is 0.967. The molecule has 0 saturated carbocycles. The molecule has 0 aliphatic heterocycles. The number of carbonyl (C=O) groups is 3. The maximum Gasteiger partial charge on any atom is 0.344 e. The van der Waals surface area contributed by atoms with E-state index in [1.54, 1.807) is 13.8 Å². The van der Waals surface area contributed by atoms with Crippen molar-refractivity contribution in [2.75, 3.05) is 6.61 Å². The Balaban J connectivity index is 2.54. The van der Waals surface area contributed by atoms with Gasteiger partial charge in [-0.15, -0.1) is 0 Å². The number of imide groups is 1. The van der Waals surface area contributed by atoms with Crippen molar-refractivity contribution < 1.29 is 28.2 Å². The Labute approximate surface area is 126 Å². The number of esters is 1. The fraction of sp³-hybridized carbons (Fsp3) is 0.357. The second-order valence-corrected chi connectivity index (χ2v) is 4.75. The summed E-state index contributed by atoms with van der Waals surface area (Å²) in [5, 5.41) is 1.85. The van der Waals surface area contributed by atoms with Crippen LogP contribution in [0.1, 0.15) is 13.8 Å². The van der Waals surface area contributed by atoms with Crippen molar-refractivity contribution in [1.82, 2.24) is 5.32 Å². The van der Waals surface area contributed by atoms with Crippen molar-refractivity contribution in [3.8, 4) is 5.75 Å². The summed E-state index contributed by atoms with van der Waals surface area (Å²) >= 11 is 0. The molecule has 0 fully saturated rings. The zero-order valence-corrected chi connectivity index (χ0v) is 12.2. The third kappa shape index (κ3) is 5.78. The molecule has 3 N–H and O–H groups in total. The molecule has 0 aromatic heterocycles. The average molecular weight is 312 g/mol. The van der Waals surface area contributed by atoms with Crippen molar-refractivity contribution in [1.29, 1.82) is 0 Å². The number of hydrogen-bond acceptors (Lipinski definition) is 5. The van der Waals surface area contributed by atoms with Gasteiger partial charge in [-0.05, 0) is 30.2 Å². The van der Waals surface area contributed by atoms with Crippen molar-refractivity contribution >= 4 is 17.9 Å². The van der Waals surface area contributed by atoms with E-state index in [0.29, 0.717) is 0 Å². The van der Waals surface area contributed by atoms with Gasteiger partial charge in [-0.3, -0.25) is 10.1 Å². The van der Waals surface area contributed by atoms with E-state index in [0.717, 1.165) is 0 Å². The van der Waals surface area contributed by atoms with E-state index in [9.17, 15) is 18.8 Å². The minimum Gasteiger partial charge on any atom is -0.482 e. The molecule has 1 rings (SSSR count). The lowest BCUT2D eigenvalue weighted by Crippen LogP contribution is -2.46. The van der Waals surface area contributed by atoms with E-state index in [4.69, 9.17) is 15.2 Å². The number of benzene rings is 1. The van der Waals surface area contributed by atoms with Gasteiger partial charge < -0.3 is 15.2 Å². The van der Waals surface area contributed by atoms with Crippen LogP contribution < -0.4 is 15.8 Å². The zero-order valence-electron chi connectivity index (χ0n) is 12.2. The third-order valence-electron chi connectivity index (χ3n) is 2.54. The quantitative estimate of drug-likeness (QED) is 0.761. The molecule has 0 aliphatic carbocycles. The van der Waals surface area contributed by atoms with Crippen LogP contribution in [0.5, 0.6) is 5.75 Å². The lowest BCUT2D eigenvalue weighted by atomic mass is 10.1. The Hall–Kier alpha value is -2.64. The molecule has 7 nitrogen and oxygen atoms in total. The molecule has 3 amide bonds. The maximum atomic E-state index is 12.7. The van der Waals surface area contributed by atoms with Crippen molar-refractivity contribution in [2.24, 2.45) is 11.7 Å². The molecule has 0 spiro atoms. The SMILES string of the molecule is CC(C)[C@@H](OC(=O)COc1ccc(F)cc1)C(=O)NC(N)=O. The van der Waals surface area contributed by atoms with E-state index >= 15 is 0 Å². The molecule has 0 aliphatic rings. The number of halogens is 1. The van der Waals surface area contributed by atoms with Crippen LogP contribution in [0.2, 0.25) is 0 Å². The second-order valence-electron chi connectivity index (χ2n) is 4.75. The normalized spacial score (nSPS) is 11.6. The Kier molecular flexibility index (Phi) is 6.30. The lowest BCUT2D eigenvalue weighted by molar-refractivity contribution is -0.160.